The van der Waals surface area contributed by atoms with Gasteiger partial charge in [-0.25, -0.2) is 0 Å². The third-order valence-corrected chi connectivity index (χ3v) is 2.74. The van der Waals surface area contributed by atoms with Crippen LogP contribution in [0.4, 0.5) is 0 Å². The zero-order chi connectivity index (χ0) is 10.1. The fraction of sp³-hybridized carbons (Fsp3) is 0.200. The van der Waals surface area contributed by atoms with Gasteiger partial charge in [-0.05, 0) is 40.5 Å². The summed E-state index contributed by atoms with van der Waals surface area (Å²) in [6.07, 6.45) is 1.68. The van der Waals surface area contributed by atoms with E-state index in [-0.39, 0.29) is 0 Å². The van der Waals surface area contributed by atoms with E-state index in [4.69, 9.17) is 4.74 Å². The number of fused-ring (bicyclic) bond motifs is 1. The van der Waals surface area contributed by atoms with E-state index in [1.165, 1.54) is 0 Å². The summed E-state index contributed by atoms with van der Waals surface area (Å²) in [4.78, 5) is 0. The Morgan fingerprint density at radius 1 is 1.36 bits per heavy atom. The van der Waals surface area contributed by atoms with Crippen LogP contribution >= 0.6 is 15.9 Å². The first-order valence-corrected chi connectivity index (χ1v) is 4.97. The fourth-order valence-corrected chi connectivity index (χ4v) is 1.79. The smallest absolute Gasteiger partial charge is 0.122 e. The van der Waals surface area contributed by atoms with E-state index < -0.39 is 0 Å². The first kappa shape index (κ1) is 9.40. The number of nitrogens with zero attached hydrogens (tertiary/aromatic N) is 2. The molecule has 0 aliphatic heterocycles. The molecule has 14 heavy (non-hydrogen) atoms. The van der Waals surface area contributed by atoms with Crippen molar-refractivity contribution in [2.75, 3.05) is 7.11 Å². The van der Waals surface area contributed by atoms with Crippen LogP contribution in [-0.2, 0) is 0 Å². The normalized spacial score (nSPS) is 10.5. The van der Waals surface area contributed by atoms with Gasteiger partial charge in [-0.3, -0.25) is 0 Å². The molecule has 2 rings (SSSR count). The van der Waals surface area contributed by atoms with Gasteiger partial charge in [0.15, 0.2) is 0 Å². The highest BCUT2D eigenvalue weighted by molar-refractivity contribution is 9.10. The van der Waals surface area contributed by atoms with Crippen molar-refractivity contribution in [1.82, 2.24) is 10.2 Å². The van der Waals surface area contributed by atoms with Crippen LogP contribution in [0.15, 0.2) is 22.8 Å². The van der Waals surface area contributed by atoms with Gasteiger partial charge in [0.1, 0.15) is 5.75 Å². The van der Waals surface area contributed by atoms with Crippen LogP contribution in [-0.4, -0.2) is 17.3 Å². The maximum Gasteiger partial charge on any atom is 0.122 e. The third-order valence-electron chi connectivity index (χ3n) is 2.11. The van der Waals surface area contributed by atoms with Crippen molar-refractivity contribution < 1.29 is 4.74 Å². The average molecular weight is 253 g/mol. The monoisotopic (exact) mass is 252 g/mol. The van der Waals surface area contributed by atoms with E-state index in [9.17, 15) is 0 Å². The molecule has 0 radical (unpaired) electrons. The molecule has 0 amide bonds. The standard InChI is InChI=1S/C10H9BrN2O/c1-6-3-9-7(4-10(6)14-2)8(11)5-12-13-9/h3-5H,1-2H3. The van der Waals surface area contributed by atoms with Gasteiger partial charge in [0.05, 0.1) is 18.8 Å². The predicted octanol–water partition coefficient (Wildman–Crippen LogP) is 2.71. The lowest BCUT2D eigenvalue weighted by Crippen LogP contribution is -1.90. The number of rotatable bonds is 1. The average Bonchev–Trinajstić information content (AvgIpc) is 2.17. The second-order valence-electron chi connectivity index (χ2n) is 3.03. The number of methoxy groups -OCH3 is 1. The molecule has 0 unspecified atom stereocenters. The van der Waals surface area contributed by atoms with Crippen LogP contribution in [0.25, 0.3) is 10.9 Å². The van der Waals surface area contributed by atoms with Crippen molar-refractivity contribution in [3.8, 4) is 5.75 Å². The Morgan fingerprint density at radius 2 is 2.14 bits per heavy atom. The Morgan fingerprint density at radius 3 is 2.86 bits per heavy atom. The van der Waals surface area contributed by atoms with Crippen LogP contribution in [0, 0.1) is 6.92 Å². The summed E-state index contributed by atoms with van der Waals surface area (Å²) in [6.45, 7) is 1.99. The fourth-order valence-electron chi connectivity index (χ4n) is 1.38. The molecule has 0 aliphatic carbocycles. The molecule has 1 aromatic heterocycles. The van der Waals surface area contributed by atoms with Crippen molar-refractivity contribution in [2.24, 2.45) is 0 Å². The molecule has 0 atom stereocenters. The van der Waals surface area contributed by atoms with Crippen LogP contribution in [0.1, 0.15) is 5.56 Å². The minimum atomic E-state index is 0.867. The summed E-state index contributed by atoms with van der Waals surface area (Å²) in [5.74, 6) is 0.867. The molecule has 3 nitrogen and oxygen atoms in total. The summed E-state index contributed by atoms with van der Waals surface area (Å²) >= 11 is 3.43. The lowest BCUT2D eigenvalue weighted by atomic mass is 10.1. The number of halogens is 1. The number of aromatic nitrogens is 2. The molecular formula is C10H9BrN2O. The summed E-state index contributed by atoms with van der Waals surface area (Å²) in [5, 5.41) is 8.93. The van der Waals surface area contributed by atoms with Gasteiger partial charge in [0, 0.05) is 9.86 Å². The molecule has 0 spiro atoms. The Bertz CT molecular complexity index is 485. The molecule has 0 N–H and O–H groups in total. The van der Waals surface area contributed by atoms with Crippen molar-refractivity contribution in [1.29, 1.82) is 0 Å². The second-order valence-corrected chi connectivity index (χ2v) is 3.89. The van der Waals surface area contributed by atoms with Crippen molar-refractivity contribution >= 4 is 26.8 Å². The quantitative estimate of drug-likeness (QED) is 0.783. The molecule has 0 saturated carbocycles. The summed E-state index contributed by atoms with van der Waals surface area (Å²) < 4.78 is 6.17. The molecule has 0 saturated heterocycles. The highest BCUT2D eigenvalue weighted by atomic mass is 79.9. The minimum Gasteiger partial charge on any atom is -0.496 e. The van der Waals surface area contributed by atoms with Crippen LogP contribution in [0.2, 0.25) is 0 Å². The highest BCUT2D eigenvalue weighted by Gasteiger charge is 2.05. The molecule has 0 fully saturated rings. The minimum absolute atomic E-state index is 0.867. The van der Waals surface area contributed by atoms with Gasteiger partial charge in [0.2, 0.25) is 0 Å². The van der Waals surface area contributed by atoms with Gasteiger partial charge in [-0.1, -0.05) is 0 Å². The van der Waals surface area contributed by atoms with E-state index in [2.05, 4.69) is 26.1 Å². The number of hydrogen-bond donors (Lipinski definition) is 0. The largest absolute Gasteiger partial charge is 0.496 e. The van der Waals surface area contributed by atoms with E-state index in [1.54, 1.807) is 13.3 Å². The Kier molecular flexibility index (Phi) is 2.37. The van der Waals surface area contributed by atoms with Crippen LogP contribution in [0.3, 0.4) is 0 Å². The number of benzene rings is 1. The summed E-state index contributed by atoms with van der Waals surface area (Å²) in [6, 6.07) is 3.93. The highest BCUT2D eigenvalue weighted by Crippen LogP contribution is 2.28. The molecule has 1 aromatic carbocycles. The third kappa shape index (κ3) is 1.46. The summed E-state index contributed by atoms with van der Waals surface area (Å²) in [7, 11) is 1.66. The Hall–Kier alpha value is -1.16. The molecule has 4 heteroatoms. The Balaban J connectivity index is 2.80. The van der Waals surface area contributed by atoms with Crippen molar-refractivity contribution in [2.45, 2.75) is 6.92 Å². The lowest BCUT2D eigenvalue weighted by molar-refractivity contribution is 0.412. The molecule has 1 heterocycles. The maximum absolute atomic E-state index is 5.24. The first-order valence-electron chi connectivity index (χ1n) is 4.18. The van der Waals surface area contributed by atoms with Gasteiger partial charge in [0.25, 0.3) is 0 Å². The zero-order valence-electron chi connectivity index (χ0n) is 7.91. The molecule has 0 bridgehead atoms. The lowest BCUT2D eigenvalue weighted by Gasteiger charge is -2.06. The number of aryl methyl sites for hydroxylation is 1. The second kappa shape index (κ2) is 3.53. The SMILES string of the molecule is COc1cc2c(Br)cnnc2cc1C. The van der Waals surface area contributed by atoms with Gasteiger partial charge in [-0.2, -0.15) is 10.2 Å². The predicted molar refractivity (Wildman–Crippen MR) is 58.5 cm³/mol. The number of ether oxygens (including phenoxy) is 1. The van der Waals surface area contributed by atoms with Gasteiger partial charge < -0.3 is 4.74 Å². The molecule has 72 valence electrons. The summed E-state index contributed by atoms with van der Waals surface area (Å²) in [5.41, 5.74) is 1.94. The zero-order valence-corrected chi connectivity index (χ0v) is 9.50. The van der Waals surface area contributed by atoms with Crippen molar-refractivity contribution in [3.63, 3.8) is 0 Å². The molecular weight excluding hydrogens is 244 g/mol. The van der Waals surface area contributed by atoms with Crippen molar-refractivity contribution in [3.05, 3.63) is 28.4 Å². The number of hydrogen-bond acceptors (Lipinski definition) is 3. The van der Waals surface area contributed by atoms with E-state index in [0.29, 0.717) is 0 Å². The molecule has 0 aliphatic rings. The first-order chi connectivity index (χ1) is 6.72. The molecule has 2 aromatic rings. The van der Waals surface area contributed by atoms with E-state index in [1.807, 2.05) is 19.1 Å². The maximum atomic E-state index is 5.24. The van der Waals surface area contributed by atoms with Gasteiger partial charge in [-0.15, -0.1) is 0 Å². The van der Waals surface area contributed by atoms with Gasteiger partial charge >= 0.3 is 0 Å². The topological polar surface area (TPSA) is 35.0 Å². The van der Waals surface area contributed by atoms with E-state index >= 15 is 0 Å². The van der Waals surface area contributed by atoms with Crippen LogP contribution in [0.5, 0.6) is 5.75 Å². The van der Waals surface area contributed by atoms with E-state index in [0.717, 1.165) is 26.7 Å². The van der Waals surface area contributed by atoms with Crippen LogP contribution < -0.4 is 4.74 Å². The Labute approximate surface area is 90.2 Å².